The lowest BCUT2D eigenvalue weighted by molar-refractivity contribution is -0.142. The lowest BCUT2D eigenvalue weighted by Crippen LogP contribution is -2.47. The molecule has 7 unspecified atom stereocenters. The summed E-state index contributed by atoms with van der Waals surface area (Å²) in [5.74, 6) is 5.78. The molecule has 0 bridgehead atoms. The molecule has 13 atom stereocenters. The Hall–Kier alpha value is -2.83. The molecule has 6 aliphatic carbocycles. The number of ether oxygens (including phenoxy) is 1. The Kier molecular flexibility index (Phi) is 16.5. The van der Waals surface area contributed by atoms with E-state index < -0.39 is 5.97 Å². The first-order valence-corrected chi connectivity index (χ1v) is 26.1. The number of carbonyl (C=O) groups is 1. The topological polar surface area (TPSA) is 107 Å². The Labute approximate surface area is 382 Å². The third-order valence-electron chi connectivity index (χ3n) is 18.7. The molecule has 8 rings (SSSR count). The molecule has 2 aromatic carbocycles. The summed E-state index contributed by atoms with van der Waals surface area (Å²) < 4.78 is 5.46. The Balaban J connectivity index is 0.000000211. The standard InChI is InChI=1S/C35H56O4.C22H30O2/c1-3-4-5-8-11-14-25(34(38)39)15-12-9-6-7-10-13-16-26-23-27-24-28(36)17-18-29(27)30-21-22-35(2)31(33(26)30)19-20-32(35)37;1-4-5-14-12-15-13-16(24-3)6-7-17(15)18-10-11-22(2)19(21(14)18)8-9-20(22)23/h17-18,24-26,30-33,36-37H,3-16,19-23H2,1-2H3,(H,38,39);4,6-7,13-14,18-21,23H,1,5,8-12H2,2-3H3/t25?,26-,30?,31?,32+,33?,35+;14-,18?,19?,20+,21?,22+/m11/s1. The van der Waals surface area contributed by atoms with Gasteiger partial charge in [-0.3, -0.25) is 4.79 Å². The molecule has 0 spiro atoms. The van der Waals surface area contributed by atoms with Crippen LogP contribution in [0, 0.1) is 52.3 Å². The van der Waals surface area contributed by atoms with Gasteiger partial charge in [-0.25, -0.2) is 0 Å². The van der Waals surface area contributed by atoms with Crippen molar-refractivity contribution in [2.75, 3.05) is 7.11 Å². The fraction of sp³-hybridized carbons (Fsp3) is 0.737. The van der Waals surface area contributed by atoms with Gasteiger partial charge >= 0.3 is 5.97 Å². The summed E-state index contributed by atoms with van der Waals surface area (Å²) in [6.45, 7) is 10.9. The minimum absolute atomic E-state index is 0.0805. The second-order valence-electron chi connectivity index (χ2n) is 22.2. The van der Waals surface area contributed by atoms with Crippen LogP contribution in [-0.2, 0) is 17.6 Å². The van der Waals surface area contributed by atoms with E-state index >= 15 is 0 Å². The van der Waals surface area contributed by atoms with Gasteiger partial charge in [0.15, 0.2) is 0 Å². The minimum Gasteiger partial charge on any atom is -0.508 e. The van der Waals surface area contributed by atoms with Crippen LogP contribution >= 0.6 is 0 Å². The second kappa shape index (κ2) is 21.6. The SMILES string of the molecule is C=CC[C@@H]1Cc2cc(OC)ccc2C2CC[C@@]3(C)C(CC[C@@H]3O)C21.CCCCCCCC(CCCCCCCC[C@@H]1Cc2cc(O)ccc2C2CC[C@@]3(C)C(CC[C@@H]3O)C21)C(=O)O. The van der Waals surface area contributed by atoms with Gasteiger partial charge < -0.3 is 25.2 Å². The smallest absolute Gasteiger partial charge is 0.306 e. The van der Waals surface area contributed by atoms with E-state index in [0.29, 0.717) is 53.1 Å². The highest BCUT2D eigenvalue weighted by Gasteiger charge is 2.58. The van der Waals surface area contributed by atoms with Crippen LogP contribution in [0.1, 0.15) is 203 Å². The molecule has 63 heavy (non-hydrogen) atoms. The summed E-state index contributed by atoms with van der Waals surface area (Å²) in [7, 11) is 1.75. The number of hydrogen-bond acceptors (Lipinski definition) is 5. The first-order valence-electron chi connectivity index (χ1n) is 26.1. The van der Waals surface area contributed by atoms with Crippen LogP contribution in [0.25, 0.3) is 0 Å². The zero-order chi connectivity index (χ0) is 44.7. The van der Waals surface area contributed by atoms with E-state index in [9.17, 15) is 25.2 Å². The first kappa shape index (κ1) is 48.1. The van der Waals surface area contributed by atoms with E-state index in [0.717, 1.165) is 82.8 Å². The molecular formula is C57H86O6. The van der Waals surface area contributed by atoms with Crippen molar-refractivity contribution in [3.63, 3.8) is 0 Å². The van der Waals surface area contributed by atoms with Crippen molar-refractivity contribution in [3.05, 3.63) is 71.3 Å². The highest BCUT2D eigenvalue weighted by molar-refractivity contribution is 5.69. The van der Waals surface area contributed by atoms with E-state index in [-0.39, 0.29) is 29.0 Å². The van der Waals surface area contributed by atoms with Crippen molar-refractivity contribution in [3.8, 4) is 11.5 Å². The number of methoxy groups -OCH3 is 1. The van der Waals surface area contributed by atoms with E-state index in [1.165, 1.54) is 100 Å². The number of rotatable bonds is 19. The van der Waals surface area contributed by atoms with E-state index in [4.69, 9.17) is 4.74 Å². The molecule has 0 radical (unpaired) electrons. The van der Waals surface area contributed by atoms with Crippen molar-refractivity contribution < 1.29 is 30.0 Å². The molecule has 0 aliphatic heterocycles. The maximum Gasteiger partial charge on any atom is 0.306 e. The van der Waals surface area contributed by atoms with Crippen LogP contribution in [0.5, 0.6) is 11.5 Å². The summed E-state index contributed by atoms with van der Waals surface area (Å²) in [6.07, 6.45) is 30.1. The highest BCUT2D eigenvalue weighted by Crippen LogP contribution is 2.64. The molecule has 4 fully saturated rings. The summed E-state index contributed by atoms with van der Waals surface area (Å²) in [5.41, 5.74) is 6.07. The maximum atomic E-state index is 11.6. The number of unbranched alkanes of at least 4 members (excludes halogenated alkanes) is 9. The van der Waals surface area contributed by atoms with Crippen molar-refractivity contribution in [1.82, 2.24) is 0 Å². The molecule has 350 valence electrons. The van der Waals surface area contributed by atoms with Gasteiger partial charge in [-0.1, -0.05) is 110 Å². The lowest BCUT2D eigenvalue weighted by atomic mass is 9.52. The molecule has 0 amide bonds. The molecule has 6 heteroatoms. The Morgan fingerprint density at radius 1 is 0.730 bits per heavy atom. The molecule has 4 N–H and O–H groups in total. The number of aliphatic carboxylic acids is 1. The number of benzene rings is 2. The monoisotopic (exact) mass is 867 g/mol. The largest absolute Gasteiger partial charge is 0.508 e. The molecule has 2 aromatic rings. The van der Waals surface area contributed by atoms with Crippen LogP contribution in [0.2, 0.25) is 0 Å². The molecule has 6 nitrogen and oxygen atoms in total. The van der Waals surface area contributed by atoms with Gasteiger partial charge in [0.25, 0.3) is 0 Å². The number of allylic oxidation sites excluding steroid dienone is 1. The quantitative estimate of drug-likeness (QED) is 0.0828. The average molecular weight is 867 g/mol. The third-order valence-corrected chi connectivity index (χ3v) is 18.7. The normalized spacial score (nSPS) is 34.2. The predicted octanol–water partition coefficient (Wildman–Crippen LogP) is 13.7. The van der Waals surface area contributed by atoms with Gasteiger partial charge in [0.05, 0.1) is 25.2 Å². The molecular weight excluding hydrogens is 781 g/mol. The minimum atomic E-state index is -0.597. The van der Waals surface area contributed by atoms with E-state index in [1.807, 2.05) is 12.1 Å². The summed E-state index contributed by atoms with van der Waals surface area (Å²) in [4.78, 5) is 11.6. The number of carboxylic acid groups (broad SMARTS) is 1. The van der Waals surface area contributed by atoms with Gasteiger partial charge in [0, 0.05) is 0 Å². The Morgan fingerprint density at radius 3 is 1.83 bits per heavy atom. The predicted molar refractivity (Wildman–Crippen MR) is 256 cm³/mol. The van der Waals surface area contributed by atoms with Crippen LogP contribution < -0.4 is 4.74 Å². The van der Waals surface area contributed by atoms with E-state index in [2.05, 4.69) is 57.7 Å². The second-order valence-corrected chi connectivity index (χ2v) is 22.2. The van der Waals surface area contributed by atoms with Crippen molar-refractivity contribution in [2.24, 2.45) is 52.3 Å². The number of fused-ring (bicyclic) bond motifs is 10. The van der Waals surface area contributed by atoms with Crippen molar-refractivity contribution in [1.29, 1.82) is 0 Å². The first-order chi connectivity index (χ1) is 30.4. The summed E-state index contributed by atoms with van der Waals surface area (Å²) in [5, 5.41) is 41.3. The summed E-state index contributed by atoms with van der Waals surface area (Å²) >= 11 is 0. The fourth-order valence-electron chi connectivity index (χ4n) is 15.2. The number of aliphatic hydroxyl groups is 2. The van der Waals surface area contributed by atoms with Crippen LogP contribution in [0.4, 0.5) is 0 Å². The van der Waals surface area contributed by atoms with Crippen LogP contribution in [0.3, 0.4) is 0 Å². The fourth-order valence-corrected chi connectivity index (χ4v) is 15.2. The molecule has 6 aliphatic rings. The number of phenolic OH excluding ortho intramolecular Hbond substituents is 1. The number of hydrogen-bond donors (Lipinski definition) is 4. The van der Waals surface area contributed by atoms with Gasteiger partial charge in [-0.15, -0.1) is 6.58 Å². The number of phenols is 1. The zero-order valence-electron chi connectivity index (χ0n) is 39.9. The molecule has 0 heterocycles. The van der Waals surface area contributed by atoms with Gasteiger partial charge in [-0.2, -0.15) is 0 Å². The third kappa shape index (κ3) is 10.4. The zero-order valence-corrected chi connectivity index (χ0v) is 39.9. The Morgan fingerprint density at radius 2 is 1.25 bits per heavy atom. The summed E-state index contributed by atoms with van der Waals surface area (Å²) in [6, 6.07) is 12.8. The van der Waals surface area contributed by atoms with Crippen molar-refractivity contribution >= 4 is 5.97 Å². The molecule has 0 aromatic heterocycles. The maximum absolute atomic E-state index is 11.6. The molecule has 0 saturated heterocycles. The lowest BCUT2D eigenvalue weighted by Gasteiger charge is -2.53. The van der Waals surface area contributed by atoms with Crippen molar-refractivity contribution in [2.45, 2.75) is 205 Å². The van der Waals surface area contributed by atoms with Gasteiger partial charge in [-0.05, 0) is 195 Å². The van der Waals surface area contributed by atoms with Gasteiger partial charge in [0.2, 0.25) is 0 Å². The van der Waals surface area contributed by atoms with Crippen LogP contribution in [-0.4, -0.2) is 45.7 Å². The average Bonchev–Trinajstić information content (AvgIpc) is 3.75. The van der Waals surface area contributed by atoms with E-state index in [1.54, 1.807) is 12.7 Å². The number of carboxylic acids is 1. The highest BCUT2D eigenvalue weighted by atomic mass is 16.5. The number of aromatic hydroxyl groups is 1. The van der Waals surface area contributed by atoms with Crippen LogP contribution in [0.15, 0.2) is 49.1 Å². The number of aliphatic hydroxyl groups excluding tert-OH is 2. The van der Waals surface area contributed by atoms with Gasteiger partial charge in [0.1, 0.15) is 11.5 Å². The molecule has 4 saturated carbocycles. The Bertz CT molecular complexity index is 1800.